The molecule has 0 atom stereocenters. The SMILES string of the molecule is C=C1c2c(Nc3cc(NC(=O)C4CC4)nnc3C(=O)NC)cn(C)c2C=CN1C. The van der Waals surface area contributed by atoms with Gasteiger partial charge in [0.25, 0.3) is 5.91 Å². The predicted molar refractivity (Wildman–Crippen MR) is 111 cm³/mol. The summed E-state index contributed by atoms with van der Waals surface area (Å²) in [6.45, 7) is 4.17. The van der Waals surface area contributed by atoms with E-state index in [-0.39, 0.29) is 23.4 Å². The first kappa shape index (κ1) is 18.7. The van der Waals surface area contributed by atoms with Crippen molar-refractivity contribution in [1.29, 1.82) is 0 Å². The molecule has 1 aliphatic heterocycles. The Balaban J connectivity index is 1.72. The van der Waals surface area contributed by atoms with Gasteiger partial charge in [-0.05, 0) is 18.9 Å². The number of carbonyl (C=O) groups excluding carboxylic acids is 2. The summed E-state index contributed by atoms with van der Waals surface area (Å²) >= 11 is 0. The zero-order valence-corrected chi connectivity index (χ0v) is 16.6. The van der Waals surface area contributed by atoms with Crippen LogP contribution < -0.4 is 16.0 Å². The van der Waals surface area contributed by atoms with Gasteiger partial charge in [0.15, 0.2) is 11.5 Å². The van der Waals surface area contributed by atoms with Crippen LogP contribution in [0.25, 0.3) is 11.8 Å². The van der Waals surface area contributed by atoms with E-state index >= 15 is 0 Å². The van der Waals surface area contributed by atoms with Gasteiger partial charge in [-0.15, -0.1) is 10.2 Å². The molecule has 2 amide bonds. The van der Waals surface area contributed by atoms with E-state index in [0.29, 0.717) is 11.5 Å². The first-order valence-electron chi connectivity index (χ1n) is 9.36. The average Bonchev–Trinajstić information content (AvgIpc) is 3.50. The van der Waals surface area contributed by atoms with Crippen molar-refractivity contribution in [2.45, 2.75) is 12.8 Å². The predicted octanol–water partition coefficient (Wildman–Crippen LogP) is 2.15. The summed E-state index contributed by atoms with van der Waals surface area (Å²) in [5.74, 6) is -0.104. The number of nitrogens with zero attached hydrogens (tertiary/aromatic N) is 4. The highest BCUT2D eigenvalue weighted by molar-refractivity contribution is 6.00. The van der Waals surface area contributed by atoms with Crippen LogP contribution in [-0.2, 0) is 11.8 Å². The average molecular weight is 393 g/mol. The molecule has 0 saturated heterocycles. The van der Waals surface area contributed by atoms with Crippen LogP contribution in [-0.4, -0.2) is 45.6 Å². The molecule has 1 fully saturated rings. The number of hydrogen-bond donors (Lipinski definition) is 3. The number of aryl methyl sites for hydroxylation is 1. The zero-order chi connectivity index (χ0) is 20.7. The molecule has 2 aromatic heterocycles. The van der Waals surface area contributed by atoms with Gasteiger partial charge in [-0.3, -0.25) is 9.59 Å². The Morgan fingerprint density at radius 1 is 1.21 bits per heavy atom. The lowest BCUT2D eigenvalue weighted by Crippen LogP contribution is -2.22. The van der Waals surface area contributed by atoms with Gasteiger partial charge < -0.3 is 25.4 Å². The van der Waals surface area contributed by atoms with Crippen LogP contribution in [0.1, 0.15) is 34.6 Å². The molecule has 1 saturated carbocycles. The van der Waals surface area contributed by atoms with E-state index in [0.717, 1.165) is 35.5 Å². The Labute approximate surface area is 168 Å². The number of anilines is 3. The molecule has 4 rings (SSSR count). The van der Waals surface area contributed by atoms with E-state index in [4.69, 9.17) is 0 Å². The molecule has 0 bridgehead atoms. The van der Waals surface area contributed by atoms with Crippen LogP contribution in [0.3, 0.4) is 0 Å². The molecular formula is C20H23N7O2. The van der Waals surface area contributed by atoms with Crippen LogP contribution in [0.2, 0.25) is 0 Å². The van der Waals surface area contributed by atoms with Crippen molar-refractivity contribution in [3.63, 3.8) is 0 Å². The van der Waals surface area contributed by atoms with Gasteiger partial charge in [0, 0.05) is 56.8 Å². The molecule has 0 spiro atoms. The van der Waals surface area contributed by atoms with Crippen molar-refractivity contribution < 1.29 is 9.59 Å². The van der Waals surface area contributed by atoms with Crippen LogP contribution in [0, 0.1) is 5.92 Å². The fraction of sp³-hybridized carbons (Fsp3) is 0.300. The van der Waals surface area contributed by atoms with E-state index < -0.39 is 0 Å². The Morgan fingerprint density at radius 3 is 2.66 bits per heavy atom. The minimum Gasteiger partial charge on any atom is -0.354 e. The maximum absolute atomic E-state index is 12.3. The van der Waals surface area contributed by atoms with Gasteiger partial charge in [0.1, 0.15) is 0 Å². The normalized spacial score (nSPS) is 15.1. The molecule has 2 aliphatic rings. The first-order valence-corrected chi connectivity index (χ1v) is 9.36. The molecule has 150 valence electrons. The molecule has 2 aromatic rings. The highest BCUT2D eigenvalue weighted by Gasteiger charge is 2.30. The van der Waals surface area contributed by atoms with Crippen molar-refractivity contribution in [2.75, 3.05) is 24.7 Å². The van der Waals surface area contributed by atoms with Gasteiger partial charge in [-0.1, -0.05) is 6.58 Å². The Bertz CT molecular complexity index is 1050. The molecule has 3 heterocycles. The summed E-state index contributed by atoms with van der Waals surface area (Å²) in [5, 5.41) is 16.7. The quantitative estimate of drug-likeness (QED) is 0.719. The number of carbonyl (C=O) groups is 2. The van der Waals surface area contributed by atoms with E-state index in [2.05, 4.69) is 32.7 Å². The summed E-state index contributed by atoms with van der Waals surface area (Å²) < 4.78 is 1.98. The Kier molecular flexibility index (Phi) is 4.57. The number of rotatable bonds is 5. The van der Waals surface area contributed by atoms with Crippen molar-refractivity contribution in [3.8, 4) is 0 Å². The fourth-order valence-corrected chi connectivity index (χ4v) is 3.24. The van der Waals surface area contributed by atoms with E-state index in [1.54, 1.807) is 6.07 Å². The standard InChI is InChI=1S/C20H23N7O2/c1-11-17-14(10-27(4)15(17)7-8-26(11)3)22-13-9-16(23-19(28)12-5-6-12)24-25-18(13)20(29)21-2/h7-10,12H,1,5-6H2,2-4H3,(H,21,29)(H2,22,23,24,28). The summed E-state index contributed by atoms with van der Waals surface area (Å²) in [7, 11) is 5.40. The van der Waals surface area contributed by atoms with Crippen molar-refractivity contribution in [3.05, 3.63) is 42.0 Å². The molecule has 29 heavy (non-hydrogen) atoms. The molecule has 0 aromatic carbocycles. The third kappa shape index (κ3) is 3.46. The summed E-state index contributed by atoms with van der Waals surface area (Å²) in [5.41, 5.74) is 4.13. The molecule has 9 heteroatoms. The zero-order valence-electron chi connectivity index (χ0n) is 16.6. The van der Waals surface area contributed by atoms with E-state index in [1.165, 1.54) is 7.05 Å². The van der Waals surface area contributed by atoms with Crippen LogP contribution in [0.4, 0.5) is 17.2 Å². The molecule has 0 radical (unpaired) electrons. The first-order chi connectivity index (χ1) is 13.9. The maximum Gasteiger partial charge on any atom is 0.273 e. The van der Waals surface area contributed by atoms with E-state index in [1.807, 2.05) is 42.0 Å². The van der Waals surface area contributed by atoms with Gasteiger partial charge in [0.05, 0.1) is 17.1 Å². The minimum atomic E-state index is -0.374. The van der Waals surface area contributed by atoms with Crippen LogP contribution in [0.5, 0.6) is 0 Å². The number of fused-ring (bicyclic) bond motifs is 1. The molecule has 1 aliphatic carbocycles. The molecular weight excluding hydrogens is 370 g/mol. The van der Waals surface area contributed by atoms with Crippen molar-refractivity contribution >= 4 is 40.8 Å². The second-order valence-electron chi connectivity index (χ2n) is 7.25. The largest absolute Gasteiger partial charge is 0.354 e. The highest BCUT2D eigenvalue weighted by atomic mass is 16.2. The van der Waals surface area contributed by atoms with Crippen LogP contribution in [0.15, 0.2) is 25.0 Å². The molecule has 3 N–H and O–H groups in total. The molecule has 9 nitrogen and oxygen atoms in total. The second kappa shape index (κ2) is 7.08. The van der Waals surface area contributed by atoms with Gasteiger partial charge in [-0.25, -0.2) is 0 Å². The summed E-state index contributed by atoms with van der Waals surface area (Å²) in [4.78, 5) is 26.3. The second-order valence-corrected chi connectivity index (χ2v) is 7.25. The monoisotopic (exact) mass is 393 g/mol. The van der Waals surface area contributed by atoms with E-state index in [9.17, 15) is 9.59 Å². The Morgan fingerprint density at radius 2 is 1.97 bits per heavy atom. The lowest BCUT2D eigenvalue weighted by atomic mass is 10.1. The minimum absolute atomic E-state index is 0.0404. The van der Waals surface area contributed by atoms with Crippen molar-refractivity contribution in [1.82, 2.24) is 25.0 Å². The topological polar surface area (TPSA) is 104 Å². The third-order valence-corrected chi connectivity index (χ3v) is 5.10. The summed E-state index contributed by atoms with van der Waals surface area (Å²) in [6.07, 6.45) is 7.65. The van der Waals surface area contributed by atoms with Crippen molar-refractivity contribution in [2.24, 2.45) is 13.0 Å². The maximum atomic E-state index is 12.3. The van der Waals surface area contributed by atoms with Gasteiger partial charge >= 0.3 is 0 Å². The lowest BCUT2D eigenvalue weighted by molar-refractivity contribution is -0.117. The van der Waals surface area contributed by atoms with Gasteiger partial charge in [-0.2, -0.15) is 0 Å². The number of nitrogens with one attached hydrogen (secondary N) is 3. The molecule has 0 unspecified atom stereocenters. The fourth-order valence-electron chi connectivity index (χ4n) is 3.24. The number of aromatic nitrogens is 3. The highest BCUT2D eigenvalue weighted by Crippen LogP contribution is 2.37. The summed E-state index contributed by atoms with van der Waals surface area (Å²) in [6, 6.07) is 1.63. The van der Waals surface area contributed by atoms with Gasteiger partial charge in [0.2, 0.25) is 5.91 Å². The number of amides is 2. The third-order valence-electron chi connectivity index (χ3n) is 5.10. The smallest absolute Gasteiger partial charge is 0.273 e. The Hall–Kier alpha value is -3.62. The number of hydrogen-bond acceptors (Lipinski definition) is 6. The lowest BCUT2D eigenvalue weighted by Gasteiger charge is -2.23. The van der Waals surface area contributed by atoms with Crippen LogP contribution >= 0.6 is 0 Å².